The Hall–Kier alpha value is -1.63. The lowest BCUT2D eigenvalue weighted by Gasteiger charge is -2.34. The van der Waals surface area contributed by atoms with E-state index >= 15 is 0 Å². The van der Waals surface area contributed by atoms with E-state index in [-0.39, 0.29) is 24.2 Å². The van der Waals surface area contributed by atoms with E-state index in [2.05, 4.69) is 10.6 Å². The number of nitrogens with zero attached hydrogens (tertiary/aromatic N) is 1. The summed E-state index contributed by atoms with van der Waals surface area (Å²) in [6.07, 6.45) is 1.26. The van der Waals surface area contributed by atoms with Crippen LogP contribution >= 0.6 is 12.4 Å². The Balaban J connectivity index is 0.00000264. The van der Waals surface area contributed by atoms with Gasteiger partial charge in [0.2, 0.25) is 0 Å². The average molecular weight is 342 g/mol. The minimum absolute atomic E-state index is 0. The molecule has 1 fully saturated rings. The van der Waals surface area contributed by atoms with Crippen LogP contribution in [-0.2, 0) is 9.53 Å². The van der Waals surface area contributed by atoms with Gasteiger partial charge >= 0.3 is 0 Å². The van der Waals surface area contributed by atoms with Crippen LogP contribution in [0.2, 0.25) is 0 Å². The number of hydrogen-bond donors (Lipinski definition) is 2. The zero-order valence-electron chi connectivity index (χ0n) is 13.7. The fourth-order valence-corrected chi connectivity index (χ4v) is 2.59. The second kappa shape index (κ2) is 8.29. The SMILES string of the molecule is COC1(C(=O)Nc2cccc(C(=O)N(C)C)c2)CCNCC1.Cl. The number of halogens is 1. The van der Waals surface area contributed by atoms with Crippen LogP contribution in [0.3, 0.4) is 0 Å². The van der Waals surface area contributed by atoms with Gasteiger partial charge in [-0.15, -0.1) is 12.4 Å². The molecule has 0 atom stereocenters. The molecule has 0 unspecified atom stereocenters. The van der Waals surface area contributed by atoms with Crippen molar-refractivity contribution < 1.29 is 14.3 Å². The maximum Gasteiger partial charge on any atom is 0.256 e. The lowest BCUT2D eigenvalue weighted by Crippen LogP contribution is -2.51. The molecule has 1 aromatic rings. The Morgan fingerprint density at radius 2 is 1.91 bits per heavy atom. The standard InChI is InChI=1S/C16H23N3O3.ClH/c1-19(2)14(20)12-5-4-6-13(11-12)18-15(21)16(22-3)7-9-17-10-8-16;/h4-6,11,17H,7-10H2,1-3H3,(H,18,21);1H. The number of rotatable bonds is 4. The number of methoxy groups -OCH3 is 1. The van der Waals surface area contributed by atoms with Crippen LogP contribution in [-0.4, -0.2) is 56.6 Å². The van der Waals surface area contributed by atoms with Gasteiger partial charge in [0.1, 0.15) is 5.60 Å². The number of hydrogen-bond acceptors (Lipinski definition) is 4. The zero-order valence-corrected chi connectivity index (χ0v) is 14.5. The van der Waals surface area contributed by atoms with E-state index in [0.717, 1.165) is 13.1 Å². The predicted molar refractivity (Wildman–Crippen MR) is 92.2 cm³/mol. The van der Waals surface area contributed by atoms with Crippen LogP contribution in [0.4, 0.5) is 5.69 Å². The van der Waals surface area contributed by atoms with Gasteiger partial charge in [-0.2, -0.15) is 0 Å². The third kappa shape index (κ3) is 4.43. The summed E-state index contributed by atoms with van der Waals surface area (Å²) in [6.45, 7) is 1.50. The lowest BCUT2D eigenvalue weighted by atomic mass is 9.91. The molecule has 1 heterocycles. The van der Waals surface area contributed by atoms with E-state index < -0.39 is 5.60 Å². The summed E-state index contributed by atoms with van der Waals surface area (Å²) < 4.78 is 5.50. The zero-order chi connectivity index (χ0) is 16.2. The van der Waals surface area contributed by atoms with Gasteiger partial charge < -0.3 is 20.3 Å². The van der Waals surface area contributed by atoms with Gasteiger partial charge in [0.25, 0.3) is 11.8 Å². The summed E-state index contributed by atoms with van der Waals surface area (Å²) in [5.74, 6) is -0.259. The summed E-state index contributed by atoms with van der Waals surface area (Å²) in [4.78, 5) is 26.1. The molecule has 128 valence electrons. The Morgan fingerprint density at radius 3 is 2.48 bits per heavy atom. The van der Waals surface area contributed by atoms with Crippen molar-refractivity contribution in [2.45, 2.75) is 18.4 Å². The summed E-state index contributed by atoms with van der Waals surface area (Å²) in [7, 11) is 4.96. The summed E-state index contributed by atoms with van der Waals surface area (Å²) in [5, 5.41) is 6.09. The molecule has 1 aliphatic rings. The fourth-order valence-electron chi connectivity index (χ4n) is 2.59. The highest BCUT2D eigenvalue weighted by Gasteiger charge is 2.39. The minimum atomic E-state index is -0.799. The first-order valence-electron chi connectivity index (χ1n) is 7.37. The molecular formula is C16H24ClN3O3. The predicted octanol–water partition coefficient (Wildman–Crippen LogP) is 1.52. The summed E-state index contributed by atoms with van der Waals surface area (Å²) in [6, 6.07) is 6.95. The number of amides is 2. The molecule has 2 rings (SSSR count). The van der Waals surface area contributed by atoms with Gasteiger partial charge in [-0.1, -0.05) is 6.07 Å². The highest BCUT2D eigenvalue weighted by atomic mass is 35.5. The summed E-state index contributed by atoms with van der Waals surface area (Å²) >= 11 is 0. The molecule has 0 saturated carbocycles. The van der Waals surface area contributed by atoms with Crippen LogP contribution in [0.25, 0.3) is 0 Å². The van der Waals surface area contributed by atoms with E-state index in [4.69, 9.17) is 4.74 Å². The van der Waals surface area contributed by atoms with Crippen molar-refractivity contribution in [2.75, 3.05) is 39.6 Å². The monoisotopic (exact) mass is 341 g/mol. The second-order valence-corrected chi connectivity index (χ2v) is 5.68. The van der Waals surface area contributed by atoms with E-state index in [0.29, 0.717) is 24.1 Å². The molecular weight excluding hydrogens is 318 g/mol. The van der Waals surface area contributed by atoms with E-state index in [1.54, 1.807) is 45.5 Å². The Bertz CT molecular complexity index is 557. The van der Waals surface area contributed by atoms with Crippen LogP contribution in [0, 0.1) is 0 Å². The number of anilines is 1. The number of carbonyl (C=O) groups excluding carboxylic acids is 2. The number of ether oxygens (including phenoxy) is 1. The maximum atomic E-state index is 12.6. The molecule has 1 aliphatic heterocycles. The van der Waals surface area contributed by atoms with Gasteiger partial charge in [0.15, 0.2) is 0 Å². The van der Waals surface area contributed by atoms with Gasteiger partial charge in [0.05, 0.1) is 0 Å². The minimum Gasteiger partial charge on any atom is -0.368 e. The fraction of sp³-hybridized carbons (Fsp3) is 0.500. The topological polar surface area (TPSA) is 70.7 Å². The molecule has 0 radical (unpaired) electrons. The summed E-state index contributed by atoms with van der Waals surface area (Å²) in [5.41, 5.74) is 0.347. The highest BCUT2D eigenvalue weighted by Crippen LogP contribution is 2.25. The molecule has 7 heteroatoms. The maximum absolute atomic E-state index is 12.6. The van der Waals surface area contributed by atoms with Crippen molar-refractivity contribution in [2.24, 2.45) is 0 Å². The van der Waals surface area contributed by atoms with Crippen LogP contribution in [0.5, 0.6) is 0 Å². The molecule has 2 amide bonds. The molecule has 6 nitrogen and oxygen atoms in total. The normalized spacial score (nSPS) is 16.1. The number of benzene rings is 1. The third-order valence-corrected chi connectivity index (χ3v) is 3.99. The van der Waals surface area contributed by atoms with Crippen molar-refractivity contribution in [1.29, 1.82) is 0 Å². The van der Waals surface area contributed by atoms with Crippen LogP contribution < -0.4 is 10.6 Å². The lowest BCUT2D eigenvalue weighted by molar-refractivity contribution is -0.140. The largest absolute Gasteiger partial charge is 0.368 e. The van der Waals surface area contributed by atoms with E-state index in [1.807, 2.05) is 0 Å². The molecule has 0 bridgehead atoms. The van der Waals surface area contributed by atoms with Gasteiger partial charge in [-0.3, -0.25) is 9.59 Å². The van der Waals surface area contributed by atoms with Crippen molar-refractivity contribution in [3.63, 3.8) is 0 Å². The molecule has 23 heavy (non-hydrogen) atoms. The first kappa shape index (κ1) is 19.4. The third-order valence-electron chi connectivity index (χ3n) is 3.99. The van der Waals surface area contributed by atoms with Crippen LogP contribution in [0.15, 0.2) is 24.3 Å². The Labute approximate surface area is 143 Å². The van der Waals surface area contributed by atoms with Crippen LogP contribution in [0.1, 0.15) is 23.2 Å². The first-order valence-corrected chi connectivity index (χ1v) is 7.37. The van der Waals surface area contributed by atoms with Crippen molar-refractivity contribution in [1.82, 2.24) is 10.2 Å². The van der Waals surface area contributed by atoms with Crippen molar-refractivity contribution >= 4 is 29.9 Å². The molecule has 0 spiro atoms. The Kier molecular flexibility index (Phi) is 7.00. The smallest absolute Gasteiger partial charge is 0.256 e. The highest BCUT2D eigenvalue weighted by molar-refractivity contribution is 5.99. The quantitative estimate of drug-likeness (QED) is 0.871. The molecule has 1 aromatic carbocycles. The van der Waals surface area contributed by atoms with Gasteiger partial charge in [-0.25, -0.2) is 0 Å². The number of nitrogens with one attached hydrogen (secondary N) is 2. The Morgan fingerprint density at radius 1 is 1.26 bits per heavy atom. The number of piperidine rings is 1. The second-order valence-electron chi connectivity index (χ2n) is 5.68. The first-order chi connectivity index (χ1) is 10.5. The molecule has 1 saturated heterocycles. The molecule has 2 N–H and O–H groups in total. The van der Waals surface area contributed by atoms with Gasteiger partial charge in [-0.05, 0) is 44.1 Å². The number of carbonyl (C=O) groups is 2. The average Bonchev–Trinajstić information content (AvgIpc) is 2.54. The van der Waals surface area contributed by atoms with Crippen molar-refractivity contribution in [3.05, 3.63) is 29.8 Å². The van der Waals surface area contributed by atoms with Crippen molar-refractivity contribution in [3.8, 4) is 0 Å². The molecule has 0 aliphatic carbocycles. The van der Waals surface area contributed by atoms with E-state index in [1.165, 1.54) is 4.90 Å². The van der Waals surface area contributed by atoms with Gasteiger partial charge in [0, 0.05) is 32.5 Å². The molecule has 0 aromatic heterocycles. The van der Waals surface area contributed by atoms with E-state index in [9.17, 15) is 9.59 Å².